The highest BCUT2D eigenvalue weighted by Crippen LogP contribution is 2.51. The van der Waals surface area contributed by atoms with Gasteiger partial charge in [-0.15, -0.1) is 0 Å². The van der Waals surface area contributed by atoms with Gasteiger partial charge in [-0.1, -0.05) is 6.08 Å². The number of amides is 1. The summed E-state index contributed by atoms with van der Waals surface area (Å²) in [4.78, 5) is 38.1. The third kappa shape index (κ3) is 4.71. The summed E-state index contributed by atoms with van der Waals surface area (Å²) in [5, 5.41) is 10.9. The molecule has 38 heavy (non-hydrogen) atoms. The number of rotatable bonds is 4. The fraction of sp³-hybridized carbons (Fsp3) is 0.407. The van der Waals surface area contributed by atoms with Crippen LogP contribution in [0.5, 0.6) is 17.2 Å². The molecular formula is C27H28N2O9. The van der Waals surface area contributed by atoms with E-state index in [-0.39, 0.29) is 36.5 Å². The van der Waals surface area contributed by atoms with E-state index in [1.807, 2.05) is 32.9 Å². The number of fused-ring (bicyclic) bond motifs is 4. The minimum absolute atomic E-state index is 0.0633. The van der Waals surface area contributed by atoms with Gasteiger partial charge in [-0.25, -0.2) is 9.59 Å². The number of nitro benzene ring substituents is 1. The van der Waals surface area contributed by atoms with Crippen LogP contribution in [0.1, 0.15) is 54.6 Å². The van der Waals surface area contributed by atoms with Gasteiger partial charge < -0.3 is 23.7 Å². The van der Waals surface area contributed by atoms with Crippen LogP contribution in [-0.4, -0.2) is 53.5 Å². The van der Waals surface area contributed by atoms with Crippen molar-refractivity contribution in [3.8, 4) is 17.2 Å². The minimum Gasteiger partial charge on any atom is -0.492 e. The summed E-state index contributed by atoms with van der Waals surface area (Å²) >= 11 is 0. The first kappa shape index (κ1) is 25.4. The molecule has 0 aromatic heterocycles. The van der Waals surface area contributed by atoms with Gasteiger partial charge in [0.1, 0.15) is 11.7 Å². The van der Waals surface area contributed by atoms with Crippen LogP contribution in [0.2, 0.25) is 0 Å². The maximum atomic E-state index is 13.3. The highest BCUT2D eigenvalue weighted by atomic mass is 16.7. The molecule has 3 atom stereocenters. The molecule has 0 radical (unpaired) electrons. The highest BCUT2D eigenvalue weighted by Gasteiger charge is 2.44. The zero-order chi connectivity index (χ0) is 27.2. The maximum absolute atomic E-state index is 13.3. The molecular weight excluding hydrogens is 496 g/mol. The van der Waals surface area contributed by atoms with E-state index in [1.165, 1.54) is 31.4 Å². The van der Waals surface area contributed by atoms with Crippen LogP contribution < -0.4 is 14.2 Å². The predicted molar refractivity (Wildman–Crippen MR) is 133 cm³/mol. The van der Waals surface area contributed by atoms with Crippen LogP contribution in [-0.2, 0) is 16.0 Å². The molecule has 11 heteroatoms. The number of hydrogen-bond acceptors (Lipinski definition) is 9. The van der Waals surface area contributed by atoms with Crippen LogP contribution >= 0.6 is 0 Å². The molecule has 0 N–H and O–H groups in total. The summed E-state index contributed by atoms with van der Waals surface area (Å²) in [6, 6.07) is 6.79. The van der Waals surface area contributed by atoms with Gasteiger partial charge in [0.15, 0.2) is 11.5 Å². The van der Waals surface area contributed by atoms with Crippen molar-refractivity contribution in [1.82, 2.24) is 4.90 Å². The Labute approximate surface area is 219 Å². The Morgan fingerprint density at radius 3 is 2.53 bits per heavy atom. The Hall–Kier alpha value is -4.28. The summed E-state index contributed by atoms with van der Waals surface area (Å²) in [7, 11) is 1.54. The molecule has 0 saturated heterocycles. The molecule has 0 bridgehead atoms. The number of nitro groups is 1. The number of methoxy groups -OCH3 is 1. The minimum atomic E-state index is -0.687. The number of esters is 1. The molecule has 2 heterocycles. The van der Waals surface area contributed by atoms with Gasteiger partial charge in [-0.3, -0.25) is 15.0 Å². The van der Waals surface area contributed by atoms with Crippen molar-refractivity contribution >= 4 is 17.7 Å². The van der Waals surface area contributed by atoms with Gasteiger partial charge in [0.2, 0.25) is 12.5 Å². The molecule has 2 aliphatic heterocycles. The molecule has 0 saturated carbocycles. The number of nitrogens with zero attached hydrogens (tertiary/aromatic N) is 2. The summed E-state index contributed by atoms with van der Waals surface area (Å²) in [6.45, 7) is 5.73. The second kappa shape index (κ2) is 9.55. The van der Waals surface area contributed by atoms with Gasteiger partial charge in [-0.05, 0) is 57.0 Å². The number of hydrogen-bond donors (Lipinski definition) is 0. The van der Waals surface area contributed by atoms with Crippen LogP contribution in [0.25, 0.3) is 0 Å². The van der Waals surface area contributed by atoms with E-state index >= 15 is 0 Å². The largest absolute Gasteiger partial charge is 0.492 e. The lowest BCUT2D eigenvalue weighted by Gasteiger charge is -2.44. The van der Waals surface area contributed by atoms with E-state index in [0.29, 0.717) is 23.7 Å². The van der Waals surface area contributed by atoms with E-state index in [4.69, 9.17) is 23.7 Å². The first-order chi connectivity index (χ1) is 18.1. The zero-order valence-corrected chi connectivity index (χ0v) is 21.5. The third-order valence-corrected chi connectivity index (χ3v) is 6.67. The molecule has 11 nitrogen and oxygen atoms in total. The molecule has 0 fully saturated rings. The molecule has 1 amide bonds. The van der Waals surface area contributed by atoms with E-state index < -0.39 is 28.7 Å². The van der Waals surface area contributed by atoms with E-state index in [9.17, 15) is 19.7 Å². The second-order valence-electron chi connectivity index (χ2n) is 10.3. The van der Waals surface area contributed by atoms with Crippen LogP contribution in [0.3, 0.4) is 0 Å². The topological polar surface area (TPSA) is 127 Å². The number of carbonyl (C=O) groups excluding carboxylic acids is 2. The lowest BCUT2D eigenvalue weighted by Crippen LogP contribution is -2.49. The second-order valence-corrected chi connectivity index (χ2v) is 10.3. The first-order valence-corrected chi connectivity index (χ1v) is 12.2. The van der Waals surface area contributed by atoms with Crippen molar-refractivity contribution < 1.29 is 38.2 Å². The normalized spacial score (nSPS) is 21.3. The molecule has 2 aromatic rings. The quantitative estimate of drug-likeness (QED) is 0.242. The Balaban J connectivity index is 1.47. The van der Waals surface area contributed by atoms with Crippen molar-refractivity contribution in [3.63, 3.8) is 0 Å². The fourth-order valence-electron chi connectivity index (χ4n) is 5.05. The van der Waals surface area contributed by atoms with Gasteiger partial charge in [0.05, 0.1) is 30.2 Å². The lowest BCUT2D eigenvalue weighted by molar-refractivity contribution is -0.384. The molecule has 200 valence electrons. The maximum Gasteiger partial charge on any atom is 0.411 e. The average molecular weight is 525 g/mol. The van der Waals surface area contributed by atoms with E-state index in [2.05, 4.69) is 0 Å². The average Bonchev–Trinajstić information content (AvgIpc) is 3.34. The number of benzene rings is 2. The molecule has 2 aromatic carbocycles. The predicted octanol–water partition coefficient (Wildman–Crippen LogP) is 4.72. The van der Waals surface area contributed by atoms with Crippen LogP contribution in [0.15, 0.2) is 42.5 Å². The van der Waals surface area contributed by atoms with Gasteiger partial charge in [0, 0.05) is 23.6 Å². The van der Waals surface area contributed by atoms with Gasteiger partial charge in [-0.2, -0.15) is 0 Å². The Bertz CT molecular complexity index is 1310. The standard InChI is InChI=1S/C27H28N2O9/c1-27(2,3)38-26(31)28-13-20-18(12-22-24(23(20)34-4)36-14-35-22)19-11-17(9-10-21(19)28)37-25(30)15-5-7-16(8-6-15)29(32)33/h5-10,12,17,19,21H,11,13-14H2,1-4H3/t17-,19-,21+/m1/s1. The Morgan fingerprint density at radius 1 is 1.13 bits per heavy atom. The summed E-state index contributed by atoms with van der Waals surface area (Å²) in [5.41, 5.74) is 1.09. The molecule has 1 aliphatic carbocycles. The number of non-ortho nitro benzene ring substituents is 1. The fourth-order valence-corrected chi connectivity index (χ4v) is 5.05. The Morgan fingerprint density at radius 2 is 1.87 bits per heavy atom. The van der Waals surface area contributed by atoms with Gasteiger partial charge in [0.25, 0.3) is 5.69 Å². The van der Waals surface area contributed by atoms with Crippen LogP contribution in [0, 0.1) is 10.1 Å². The molecule has 0 unspecified atom stereocenters. The van der Waals surface area contributed by atoms with Crippen LogP contribution in [0.4, 0.5) is 10.5 Å². The highest BCUT2D eigenvalue weighted by molar-refractivity contribution is 5.89. The van der Waals surface area contributed by atoms with E-state index in [1.54, 1.807) is 11.0 Å². The molecule has 5 rings (SSSR count). The zero-order valence-electron chi connectivity index (χ0n) is 21.5. The summed E-state index contributed by atoms with van der Waals surface area (Å²) in [6.07, 6.45) is 2.93. The van der Waals surface area contributed by atoms with Crippen molar-refractivity contribution in [3.05, 3.63) is 69.3 Å². The van der Waals surface area contributed by atoms with Crippen molar-refractivity contribution in [2.45, 2.75) is 57.4 Å². The summed E-state index contributed by atoms with van der Waals surface area (Å²) in [5.74, 6) is 0.682. The van der Waals surface area contributed by atoms with Crippen molar-refractivity contribution in [2.75, 3.05) is 13.9 Å². The number of carbonyl (C=O) groups is 2. The van der Waals surface area contributed by atoms with Crippen molar-refractivity contribution in [1.29, 1.82) is 0 Å². The van der Waals surface area contributed by atoms with Crippen molar-refractivity contribution in [2.24, 2.45) is 0 Å². The Kier molecular flexibility index (Phi) is 6.38. The number of ether oxygens (including phenoxy) is 5. The molecule has 0 spiro atoms. The summed E-state index contributed by atoms with van der Waals surface area (Å²) < 4.78 is 28.4. The van der Waals surface area contributed by atoms with Gasteiger partial charge >= 0.3 is 12.1 Å². The molecule has 3 aliphatic rings. The lowest BCUT2D eigenvalue weighted by atomic mass is 9.76. The SMILES string of the molecule is COc1c2c(cc3c1OCO3)[C@H]1C[C@H](OC(=O)c3ccc([N+](=O)[O-])cc3)C=C[C@@H]1N(C(=O)OC(C)(C)C)C2. The smallest absolute Gasteiger partial charge is 0.411 e. The third-order valence-electron chi connectivity index (χ3n) is 6.67. The monoisotopic (exact) mass is 524 g/mol. The first-order valence-electron chi connectivity index (χ1n) is 12.2. The van der Waals surface area contributed by atoms with E-state index in [0.717, 1.165) is 11.1 Å².